The minimum absolute atomic E-state index is 0.0944. The maximum absolute atomic E-state index is 12.2. The first-order valence-electron chi connectivity index (χ1n) is 9.42. The second kappa shape index (κ2) is 8.94. The van der Waals surface area contributed by atoms with Crippen LogP contribution in [0, 0.1) is 13.8 Å². The van der Waals surface area contributed by atoms with Crippen molar-refractivity contribution in [1.29, 1.82) is 0 Å². The Morgan fingerprint density at radius 3 is 2.37 bits per heavy atom. The number of hydrogen-bond acceptors (Lipinski definition) is 3. The van der Waals surface area contributed by atoms with Gasteiger partial charge in [-0.25, -0.2) is 0 Å². The quantitative estimate of drug-likeness (QED) is 0.728. The highest BCUT2D eigenvalue weighted by Crippen LogP contribution is 2.24. The summed E-state index contributed by atoms with van der Waals surface area (Å²) in [5.41, 5.74) is 3.64. The van der Waals surface area contributed by atoms with E-state index in [1.165, 1.54) is 11.1 Å². The van der Waals surface area contributed by atoms with Crippen LogP contribution in [0.25, 0.3) is 0 Å². The van der Waals surface area contributed by atoms with Crippen LogP contribution in [0.5, 0.6) is 11.5 Å². The first kappa shape index (κ1) is 20.8. The molecule has 0 fully saturated rings. The van der Waals surface area contributed by atoms with Crippen molar-refractivity contribution in [1.82, 2.24) is 5.32 Å². The molecule has 146 valence electrons. The van der Waals surface area contributed by atoms with Crippen molar-refractivity contribution in [2.24, 2.45) is 0 Å². The van der Waals surface area contributed by atoms with Crippen LogP contribution < -0.4 is 14.8 Å². The van der Waals surface area contributed by atoms with Gasteiger partial charge in [-0.3, -0.25) is 4.79 Å². The van der Waals surface area contributed by atoms with Gasteiger partial charge in [-0.2, -0.15) is 0 Å². The molecule has 1 atom stereocenters. The summed E-state index contributed by atoms with van der Waals surface area (Å²) < 4.78 is 11.5. The van der Waals surface area contributed by atoms with Gasteiger partial charge < -0.3 is 14.8 Å². The Bertz CT molecular complexity index is 760. The lowest BCUT2D eigenvalue weighted by atomic mass is 9.87. The summed E-state index contributed by atoms with van der Waals surface area (Å²) in [5.74, 6) is 1.39. The van der Waals surface area contributed by atoms with Crippen LogP contribution in [0.3, 0.4) is 0 Å². The molecule has 0 heterocycles. The molecule has 4 nitrogen and oxygen atoms in total. The van der Waals surface area contributed by atoms with Crippen molar-refractivity contribution >= 4 is 5.91 Å². The maximum Gasteiger partial charge on any atom is 0.260 e. The van der Waals surface area contributed by atoms with Crippen molar-refractivity contribution in [2.75, 3.05) is 13.2 Å². The van der Waals surface area contributed by atoms with E-state index in [1.807, 2.05) is 43.3 Å². The fourth-order valence-electron chi connectivity index (χ4n) is 2.65. The average molecular weight is 370 g/mol. The summed E-state index contributed by atoms with van der Waals surface area (Å²) in [6, 6.07) is 13.9. The summed E-state index contributed by atoms with van der Waals surface area (Å²) in [5, 5.41) is 2.85. The molecular formula is C23H31NO3. The topological polar surface area (TPSA) is 47.6 Å². The van der Waals surface area contributed by atoms with Gasteiger partial charge in [-0.05, 0) is 61.1 Å². The summed E-state index contributed by atoms with van der Waals surface area (Å²) in [6.07, 6.45) is -0.564. The van der Waals surface area contributed by atoms with Gasteiger partial charge in [0.15, 0.2) is 6.10 Å². The van der Waals surface area contributed by atoms with Crippen LogP contribution in [0.4, 0.5) is 0 Å². The molecule has 0 unspecified atom stereocenters. The van der Waals surface area contributed by atoms with Gasteiger partial charge in [0.1, 0.15) is 18.1 Å². The average Bonchev–Trinajstić information content (AvgIpc) is 2.61. The summed E-state index contributed by atoms with van der Waals surface area (Å²) in [7, 11) is 0. The molecule has 0 aliphatic rings. The molecule has 27 heavy (non-hydrogen) atoms. The monoisotopic (exact) mass is 369 g/mol. The first-order valence-corrected chi connectivity index (χ1v) is 9.42. The molecule has 0 aliphatic carbocycles. The third kappa shape index (κ3) is 6.02. The van der Waals surface area contributed by atoms with Gasteiger partial charge in [0.25, 0.3) is 5.91 Å². The third-order valence-corrected chi connectivity index (χ3v) is 4.62. The Morgan fingerprint density at radius 1 is 1.07 bits per heavy atom. The van der Waals surface area contributed by atoms with Gasteiger partial charge in [-0.1, -0.05) is 45.0 Å². The summed E-state index contributed by atoms with van der Waals surface area (Å²) in [4.78, 5) is 12.2. The molecule has 1 amide bonds. The molecule has 0 saturated carbocycles. The standard InChI is InChI=1S/C23H31NO3/c1-16-8-7-9-21(17(16)2)26-15-14-24-22(25)18(3)27-20-12-10-19(11-13-20)23(4,5)6/h7-13,18H,14-15H2,1-6H3,(H,24,25)/t18-/m1/s1. The summed E-state index contributed by atoms with van der Waals surface area (Å²) >= 11 is 0. The Morgan fingerprint density at radius 2 is 1.74 bits per heavy atom. The summed E-state index contributed by atoms with van der Waals surface area (Å²) in [6.45, 7) is 13.2. The van der Waals surface area contributed by atoms with E-state index >= 15 is 0 Å². The molecule has 0 aromatic heterocycles. The fourth-order valence-corrected chi connectivity index (χ4v) is 2.65. The molecule has 2 aromatic carbocycles. The fraction of sp³-hybridized carbons (Fsp3) is 0.435. The number of carbonyl (C=O) groups is 1. The normalized spacial score (nSPS) is 12.4. The Balaban J connectivity index is 1.78. The van der Waals surface area contributed by atoms with Crippen molar-refractivity contribution in [3.05, 3.63) is 59.2 Å². The number of benzene rings is 2. The SMILES string of the molecule is Cc1cccc(OCCNC(=O)[C@@H](C)Oc2ccc(C(C)(C)C)cc2)c1C. The Kier molecular flexibility index (Phi) is 6.89. The van der Waals surface area contributed by atoms with E-state index in [1.54, 1.807) is 6.92 Å². The molecule has 0 saturated heterocycles. The van der Waals surface area contributed by atoms with Crippen LogP contribution in [0.1, 0.15) is 44.4 Å². The van der Waals surface area contributed by atoms with Gasteiger partial charge in [0.2, 0.25) is 0 Å². The second-order valence-corrected chi connectivity index (χ2v) is 7.87. The predicted octanol–water partition coefficient (Wildman–Crippen LogP) is 4.56. The molecule has 0 radical (unpaired) electrons. The van der Waals surface area contributed by atoms with E-state index < -0.39 is 6.10 Å². The van der Waals surface area contributed by atoms with Crippen LogP contribution in [-0.4, -0.2) is 25.2 Å². The number of ether oxygens (including phenoxy) is 2. The minimum atomic E-state index is -0.564. The zero-order valence-electron chi connectivity index (χ0n) is 17.3. The highest BCUT2D eigenvalue weighted by molar-refractivity contribution is 5.80. The van der Waals surface area contributed by atoms with E-state index in [4.69, 9.17) is 9.47 Å². The van der Waals surface area contributed by atoms with Crippen LogP contribution in [0.15, 0.2) is 42.5 Å². The molecule has 0 bridgehead atoms. The van der Waals surface area contributed by atoms with Crippen molar-refractivity contribution in [3.63, 3.8) is 0 Å². The maximum atomic E-state index is 12.2. The van der Waals surface area contributed by atoms with Crippen molar-refractivity contribution in [3.8, 4) is 11.5 Å². The molecular weight excluding hydrogens is 338 g/mol. The van der Waals surface area contributed by atoms with Crippen LogP contribution in [-0.2, 0) is 10.2 Å². The second-order valence-electron chi connectivity index (χ2n) is 7.87. The predicted molar refractivity (Wildman–Crippen MR) is 110 cm³/mol. The van der Waals surface area contributed by atoms with Crippen LogP contribution >= 0.6 is 0 Å². The van der Waals surface area contributed by atoms with E-state index in [0.717, 1.165) is 11.3 Å². The number of carbonyl (C=O) groups excluding carboxylic acids is 1. The first-order chi connectivity index (χ1) is 12.7. The van der Waals surface area contributed by atoms with Gasteiger partial charge in [0.05, 0.1) is 6.54 Å². The minimum Gasteiger partial charge on any atom is -0.491 e. The van der Waals surface area contributed by atoms with E-state index in [-0.39, 0.29) is 11.3 Å². The number of aryl methyl sites for hydroxylation is 1. The molecule has 2 aromatic rings. The molecule has 0 spiro atoms. The van der Waals surface area contributed by atoms with E-state index in [0.29, 0.717) is 18.9 Å². The largest absolute Gasteiger partial charge is 0.491 e. The number of amides is 1. The number of hydrogen-bond donors (Lipinski definition) is 1. The number of nitrogens with one attached hydrogen (secondary N) is 1. The lowest BCUT2D eigenvalue weighted by Gasteiger charge is -2.20. The molecule has 4 heteroatoms. The Labute approximate surface area is 162 Å². The zero-order valence-corrected chi connectivity index (χ0v) is 17.3. The zero-order chi connectivity index (χ0) is 20.0. The highest BCUT2D eigenvalue weighted by Gasteiger charge is 2.16. The lowest BCUT2D eigenvalue weighted by molar-refractivity contribution is -0.127. The third-order valence-electron chi connectivity index (χ3n) is 4.62. The molecule has 1 N–H and O–H groups in total. The van der Waals surface area contributed by atoms with Crippen molar-refractivity contribution in [2.45, 2.75) is 53.1 Å². The van der Waals surface area contributed by atoms with Gasteiger partial charge in [-0.15, -0.1) is 0 Å². The lowest BCUT2D eigenvalue weighted by Crippen LogP contribution is -2.38. The Hall–Kier alpha value is -2.49. The molecule has 2 rings (SSSR count). The van der Waals surface area contributed by atoms with Crippen LogP contribution in [0.2, 0.25) is 0 Å². The van der Waals surface area contributed by atoms with E-state index in [9.17, 15) is 4.79 Å². The van der Waals surface area contributed by atoms with E-state index in [2.05, 4.69) is 39.1 Å². The number of rotatable bonds is 7. The van der Waals surface area contributed by atoms with Crippen molar-refractivity contribution < 1.29 is 14.3 Å². The molecule has 0 aliphatic heterocycles. The van der Waals surface area contributed by atoms with Gasteiger partial charge in [0, 0.05) is 0 Å². The highest BCUT2D eigenvalue weighted by atomic mass is 16.5. The van der Waals surface area contributed by atoms with Gasteiger partial charge >= 0.3 is 0 Å². The smallest absolute Gasteiger partial charge is 0.260 e.